The molecular formula is C29H20FN4O3S+. The van der Waals surface area contributed by atoms with E-state index in [9.17, 15) is 14.0 Å². The normalized spacial score (nSPS) is 11.2. The van der Waals surface area contributed by atoms with Crippen LogP contribution in [0.15, 0.2) is 94.2 Å². The maximum Gasteiger partial charge on any atom is 0.439 e. The second kappa shape index (κ2) is 9.20. The summed E-state index contributed by atoms with van der Waals surface area (Å²) in [7, 11) is 0. The number of ketones is 1. The Morgan fingerprint density at radius 2 is 1.74 bits per heavy atom. The summed E-state index contributed by atoms with van der Waals surface area (Å²) in [5.41, 5.74) is 9.99. The number of thiophene rings is 1. The van der Waals surface area contributed by atoms with Gasteiger partial charge in [-0.2, -0.15) is 0 Å². The lowest BCUT2D eigenvalue weighted by Gasteiger charge is -2.09. The fourth-order valence-electron chi connectivity index (χ4n) is 4.38. The quantitative estimate of drug-likeness (QED) is 0.231. The number of nitrogens with zero attached hydrogens (tertiary/aromatic N) is 2. The molecule has 6 aromatic rings. The summed E-state index contributed by atoms with van der Waals surface area (Å²) in [5.74, 6) is -1.00. The second-order valence-corrected chi connectivity index (χ2v) is 9.79. The van der Waals surface area contributed by atoms with Gasteiger partial charge in [0.05, 0.1) is 11.4 Å². The van der Waals surface area contributed by atoms with Crippen molar-refractivity contribution in [1.29, 1.82) is 0 Å². The predicted octanol–water partition coefficient (Wildman–Crippen LogP) is 5.45. The van der Waals surface area contributed by atoms with Crippen molar-refractivity contribution < 1.29 is 18.4 Å². The van der Waals surface area contributed by atoms with Gasteiger partial charge in [0.2, 0.25) is 5.69 Å². The fourth-order valence-corrected chi connectivity index (χ4v) is 5.44. The van der Waals surface area contributed by atoms with Crippen molar-refractivity contribution in [3.05, 3.63) is 117 Å². The molecule has 186 valence electrons. The van der Waals surface area contributed by atoms with Gasteiger partial charge in [-0.05, 0) is 46.2 Å². The molecule has 0 spiro atoms. The first kappa shape index (κ1) is 23.5. The standard InChI is InChI=1S/C29H19FN4O3S/c1-16-10-12-20(13-11-16)34-25(29(36)37-33-34)26(35)27-24(31)23-21(18-8-5-9-19(30)14-18)15-22(32-28(23)38-27)17-6-3-2-4-7-17/h2-15H,1H3,(H2-,31,33,35,36)/p+1. The van der Waals surface area contributed by atoms with Crippen LogP contribution in [0.2, 0.25) is 0 Å². The summed E-state index contributed by atoms with van der Waals surface area (Å²) in [6.07, 6.45) is 0. The van der Waals surface area contributed by atoms with Crippen LogP contribution in [-0.4, -0.2) is 16.0 Å². The zero-order chi connectivity index (χ0) is 26.4. The van der Waals surface area contributed by atoms with E-state index in [2.05, 4.69) is 5.27 Å². The number of nitrogen functional groups attached to an aromatic ring is 1. The number of carbonyl (C=O) groups is 1. The third kappa shape index (κ3) is 3.99. The molecule has 0 atom stereocenters. The Morgan fingerprint density at radius 1 is 1.00 bits per heavy atom. The minimum Gasteiger partial charge on any atom is -0.397 e. The molecule has 7 nitrogen and oxygen atoms in total. The van der Waals surface area contributed by atoms with Crippen LogP contribution in [0.3, 0.4) is 0 Å². The highest BCUT2D eigenvalue weighted by molar-refractivity contribution is 7.21. The zero-order valence-corrected chi connectivity index (χ0v) is 20.9. The van der Waals surface area contributed by atoms with Crippen LogP contribution in [0.4, 0.5) is 10.1 Å². The number of fused-ring (bicyclic) bond motifs is 1. The lowest BCUT2D eigenvalue weighted by atomic mass is 9.99. The van der Waals surface area contributed by atoms with E-state index >= 15 is 0 Å². The molecule has 0 amide bonds. The number of pyridine rings is 1. The van der Waals surface area contributed by atoms with Gasteiger partial charge >= 0.3 is 11.3 Å². The average Bonchev–Trinajstić information content (AvgIpc) is 3.48. The monoisotopic (exact) mass is 523 g/mol. The number of benzene rings is 3. The van der Waals surface area contributed by atoms with Crippen molar-refractivity contribution in [1.82, 2.24) is 10.3 Å². The number of aryl methyl sites for hydroxylation is 1. The highest BCUT2D eigenvalue weighted by atomic mass is 32.1. The molecule has 0 saturated carbocycles. The molecule has 6 rings (SSSR count). The molecule has 38 heavy (non-hydrogen) atoms. The zero-order valence-electron chi connectivity index (χ0n) is 20.1. The number of hydrogen-bond donors (Lipinski definition) is 2. The van der Waals surface area contributed by atoms with E-state index in [0.29, 0.717) is 32.7 Å². The Hall–Kier alpha value is -4.89. The van der Waals surface area contributed by atoms with Crippen molar-refractivity contribution in [2.45, 2.75) is 6.92 Å². The number of hydrogen-bond acceptors (Lipinski definition) is 6. The number of aromatic nitrogens is 3. The summed E-state index contributed by atoms with van der Waals surface area (Å²) in [5, 5.41) is 3.02. The lowest BCUT2D eigenvalue weighted by molar-refractivity contribution is -0.672. The van der Waals surface area contributed by atoms with E-state index in [0.717, 1.165) is 22.5 Å². The minimum atomic E-state index is -0.823. The Balaban J connectivity index is 1.57. The molecule has 0 unspecified atom stereocenters. The molecule has 9 heteroatoms. The van der Waals surface area contributed by atoms with Crippen LogP contribution in [0.1, 0.15) is 20.9 Å². The van der Waals surface area contributed by atoms with Crippen molar-refractivity contribution >= 4 is 33.0 Å². The Bertz CT molecular complexity index is 1890. The maximum absolute atomic E-state index is 14.2. The van der Waals surface area contributed by atoms with E-state index in [-0.39, 0.29) is 16.3 Å². The number of halogens is 1. The first-order valence-corrected chi connectivity index (χ1v) is 12.5. The van der Waals surface area contributed by atoms with Crippen LogP contribution in [0.25, 0.3) is 38.3 Å². The van der Waals surface area contributed by atoms with Crippen LogP contribution in [0.5, 0.6) is 0 Å². The van der Waals surface area contributed by atoms with Crippen LogP contribution < -0.4 is 16.0 Å². The molecule has 0 bridgehead atoms. The molecule has 3 aromatic carbocycles. The van der Waals surface area contributed by atoms with Crippen LogP contribution >= 0.6 is 11.3 Å². The number of carbonyl (C=O) groups excluding carboxylic acids is 1. The van der Waals surface area contributed by atoms with Gasteiger partial charge in [0.15, 0.2) is 0 Å². The van der Waals surface area contributed by atoms with Gasteiger partial charge < -0.3 is 5.73 Å². The number of nitrogens with one attached hydrogen (secondary N) is 1. The van der Waals surface area contributed by atoms with E-state index in [1.807, 2.05) is 55.5 Å². The second-order valence-electron chi connectivity index (χ2n) is 8.79. The molecular weight excluding hydrogens is 503 g/mol. The highest BCUT2D eigenvalue weighted by Gasteiger charge is 2.35. The highest BCUT2D eigenvalue weighted by Crippen LogP contribution is 2.42. The minimum absolute atomic E-state index is 0.142. The SMILES string of the molecule is Cc1ccc(-[n+]2[nH]oc(=O)c2C(=O)c2sc3nc(-c4ccccc4)cc(-c4cccc(F)c4)c3c2N)cc1. The van der Waals surface area contributed by atoms with Gasteiger partial charge in [-0.1, -0.05) is 60.2 Å². The van der Waals surface area contributed by atoms with Crippen molar-refractivity contribution in [3.8, 4) is 28.1 Å². The number of nitrogens with two attached hydrogens (primary N) is 1. The van der Waals surface area contributed by atoms with Crippen molar-refractivity contribution in [3.63, 3.8) is 0 Å². The topological polar surface area (TPSA) is 106 Å². The molecule has 3 heterocycles. The number of H-pyrrole nitrogens is 1. The van der Waals surface area contributed by atoms with Gasteiger partial charge in [0.25, 0.3) is 5.78 Å². The smallest absolute Gasteiger partial charge is 0.397 e. The van der Waals surface area contributed by atoms with Crippen molar-refractivity contribution in [2.75, 3.05) is 5.73 Å². The average molecular weight is 524 g/mol. The van der Waals surface area contributed by atoms with E-state index in [1.165, 1.54) is 16.8 Å². The molecule has 3 aromatic heterocycles. The first-order chi connectivity index (χ1) is 18.4. The summed E-state index contributed by atoms with van der Waals surface area (Å²) < 4.78 is 20.5. The van der Waals surface area contributed by atoms with Crippen LogP contribution in [-0.2, 0) is 0 Å². The maximum atomic E-state index is 14.2. The molecule has 0 aliphatic rings. The third-order valence-corrected chi connectivity index (χ3v) is 7.36. The van der Waals surface area contributed by atoms with Gasteiger partial charge in [-0.15, -0.1) is 11.3 Å². The number of anilines is 1. The summed E-state index contributed by atoms with van der Waals surface area (Å²) in [4.78, 5) is 31.9. The molecule has 0 aliphatic carbocycles. The van der Waals surface area contributed by atoms with Crippen molar-refractivity contribution in [2.24, 2.45) is 0 Å². The predicted molar refractivity (Wildman–Crippen MR) is 144 cm³/mol. The Morgan fingerprint density at radius 3 is 2.47 bits per heavy atom. The van der Waals surface area contributed by atoms with Gasteiger partial charge in [-0.25, -0.2) is 14.2 Å². The summed E-state index contributed by atoms with van der Waals surface area (Å²) in [6, 6.07) is 24.8. The molecule has 0 aliphatic heterocycles. The fraction of sp³-hybridized carbons (Fsp3) is 0.0345. The number of rotatable bonds is 5. The van der Waals surface area contributed by atoms with Gasteiger partial charge in [0, 0.05) is 23.1 Å². The van der Waals surface area contributed by atoms with E-state index in [4.69, 9.17) is 15.2 Å². The van der Waals surface area contributed by atoms with E-state index < -0.39 is 17.2 Å². The Kier molecular flexibility index (Phi) is 5.69. The molecule has 0 saturated heterocycles. The third-order valence-electron chi connectivity index (χ3n) is 6.26. The summed E-state index contributed by atoms with van der Waals surface area (Å²) >= 11 is 1.08. The Labute approximate surface area is 219 Å². The van der Waals surface area contributed by atoms with Gasteiger partial charge in [-0.3, -0.25) is 9.32 Å². The molecule has 0 radical (unpaired) electrons. The van der Waals surface area contributed by atoms with Crippen LogP contribution in [0, 0.1) is 12.7 Å². The molecule has 0 fully saturated rings. The summed E-state index contributed by atoms with van der Waals surface area (Å²) in [6.45, 7) is 1.93. The van der Waals surface area contributed by atoms with Gasteiger partial charge in [0.1, 0.15) is 15.5 Å². The number of aromatic amines is 1. The first-order valence-electron chi connectivity index (χ1n) is 11.7. The largest absolute Gasteiger partial charge is 0.439 e. The van der Waals surface area contributed by atoms with E-state index in [1.54, 1.807) is 24.3 Å². The lowest BCUT2D eigenvalue weighted by Crippen LogP contribution is -2.41. The molecule has 3 N–H and O–H groups in total.